The van der Waals surface area contributed by atoms with Gasteiger partial charge < -0.3 is 14.8 Å². The molecule has 5 nitrogen and oxygen atoms in total. The third-order valence-corrected chi connectivity index (χ3v) is 4.17. The van der Waals surface area contributed by atoms with Gasteiger partial charge in [0.05, 0.1) is 7.11 Å². The molecule has 0 aliphatic carbocycles. The minimum Gasteiger partial charge on any atom is -0.493 e. The van der Waals surface area contributed by atoms with Crippen LogP contribution in [0.25, 0.3) is 6.08 Å². The van der Waals surface area contributed by atoms with Crippen LogP contribution in [0.15, 0.2) is 54.6 Å². The van der Waals surface area contributed by atoms with Crippen molar-refractivity contribution in [3.8, 4) is 17.6 Å². The molecule has 0 aromatic heterocycles. The Hall–Kier alpha value is -3.26. The van der Waals surface area contributed by atoms with Gasteiger partial charge in [-0.1, -0.05) is 50.2 Å². The molecule has 0 heterocycles. The lowest BCUT2D eigenvalue weighted by atomic mass is 9.84. The van der Waals surface area contributed by atoms with Gasteiger partial charge in [0, 0.05) is 18.0 Å². The van der Waals surface area contributed by atoms with E-state index in [4.69, 9.17) is 14.7 Å². The van der Waals surface area contributed by atoms with Gasteiger partial charge in [-0.2, -0.15) is 5.26 Å². The highest BCUT2D eigenvalue weighted by Gasteiger charge is 2.20. The molecule has 0 aliphatic heterocycles. The van der Waals surface area contributed by atoms with Crippen molar-refractivity contribution in [2.75, 3.05) is 20.3 Å². The predicted octanol–water partition coefficient (Wildman–Crippen LogP) is 3.70. The van der Waals surface area contributed by atoms with E-state index in [-0.39, 0.29) is 17.9 Å². The lowest BCUT2D eigenvalue weighted by Gasteiger charge is -2.25. The average Bonchev–Trinajstić information content (AvgIpc) is 2.70. The van der Waals surface area contributed by atoms with Crippen LogP contribution >= 0.6 is 0 Å². The summed E-state index contributed by atoms with van der Waals surface area (Å²) in [7, 11) is 1.53. The summed E-state index contributed by atoms with van der Waals surface area (Å²) in [4.78, 5) is 12.2. The van der Waals surface area contributed by atoms with Crippen molar-refractivity contribution in [1.29, 1.82) is 5.26 Å². The van der Waals surface area contributed by atoms with Crippen molar-refractivity contribution in [1.82, 2.24) is 5.32 Å². The molecule has 1 amide bonds. The summed E-state index contributed by atoms with van der Waals surface area (Å²) in [6.07, 6.45) is 3.20. The summed E-state index contributed by atoms with van der Waals surface area (Å²) >= 11 is 0. The number of rotatable bonds is 8. The first kappa shape index (κ1) is 20.1. The Balaban J connectivity index is 1.97. The summed E-state index contributed by atoms with van der Waals surface area (Å²) in [5, 5.41) is 11.5. The van der Waals surface area contributed by atoms with E-state index in [9.17, 15) is 4.79 Å². The predicted molar refractivity (Wildman–Crippen MR) is 106 cm³/mol. The van der Waals surface area contributed by atoms with Gasteiger partial charge in [0.25, 0.3) is 0 Å². The highest BCUT2D eigenvalue weighted by atomic mass is 16.5. The van der Waals surface area contributed by atoms with Crippen molar-refractivity contribution in [3.63, 3.8) is 0 Å². The number of nitrogens with one attached hydrogen (secondary N) is 1. The van der Waals surface area contributed by atoms with Crippen LogP contribution in [0.4, 0.5) is 0 Å². The van der Waals surface area contributed by atoms with Gasteiger partial charge in [-0.05, 0) is 29.3 Å². The number of carbonyl (C=O) groups excluding carboxylic acids is 1. The van der Waals surface area contributed by atoms with Crippen molar-refractivity contribution >= 4 is 12.0 Å². The lowest BCUT2D eigenvalue weighted by molar-refractivity contribution is -0.116. The minimum absolute atomic E-state index is 0.0504. The Bertz CT molecular complexity index is 836. The molecule has 0 fully saturated rings. The maximum atomic E-state index is 12.2. The molecule has 1 N–H and O–H groups in total. The summed E-state index contributed by atoms with van der Waals surface area (Å²) in [5.41, 5.74) is 1.81. The Morgan fingerprint density at radius 3 is 2.59 bits per heavy atom. The number of carbonyl (C=O) groups is 1. The van der Waals surface area contributed by atoms with Crippen molar-refractivity contribution in [3.05, 3.63) is 65.7 Å². The maximum absolute atomic E-state index is 12.2. The molecular formula is C22H24N2O3. The third kappa shape index (κ3) is 5.89. The Morgan fingerprint density at radius 2 is 1.93 bits per heavy atom. The monoisotopic (exact) mass is 364 g/mol. The number of nitrogens with zero attached hydrogens (tertiary/aromatic N) is 1. The van der Waals surface area contributed by atoms with Crippen LogP contribution in [-0.2, 0) is 10.2 Å². The van der Waals surface area contributed by atoms with Gasteiger partial charge in [-0.25, -0.2) is 0 Å². The molecule has 140 valence electrons. The Labute approximate surface area is 160 Å². The Kier molecular flexibility index (Phi) is 7.01. The number of ether oxygens (including phenoxy) is 2. The molecule has 27 heavy (non-hydrogen) atoms. The van der Waals surface area contributed by atoms with Crippen LogP contribution in [0.3, 0.4) is 0 Å². The molecule has 2 aromatic carbocycles. The second kappa shape index (κ2) is 9.44. The summed E-state index contributed by atoms with van der Waals surface area (Å²) in [5.74, 6) is 0.839. The summed E-state index contributed by atoms with van der Waals surface area (Å²) < 4.78 is 10.5. The first-order chi connectivity index (χ1) is 13.0. The first-order valence-corrected chi connectivity index (χ1v) is 8.65. The number of hydrogen-bond donors (Lipinski definition) is 1. The van der Waals surface area contributed by atoms with Crippen molar-refractivity contribution in [2.24, 2.45) is 0 Å². The zero-order valence-electron chi connectivity index (χ0n) is 15.9. The normalized spacial score (nSPS) is 11.0. The molecule has 0 saturated heterocycles. The van der Waals surface area contributed by atoms with Crippen molar-refractivity contribution < 1.29 is 14.3 Å². The van der Waals surface area contributed by atoms with Crippen LogP contribution in [0.1, 0.15) is 25.0 Å². The van der Waals surface area contributed by atoms with Crippen molar-refractivity contribution in [2.45, 2.75) is 19.3 Å². The van der Waals surface area contributed by atoms with Gasteiger partial charge in [0.15, 0.2) is 18.1 Å². The van der Waals surface area contributed by atoms with E-state index in [1.54, 1.807) is 24.3 Å². The van der Waals surface area contributed by atoms with Gasteiger partial charge in [-0.3, -0.25) is 4.79 Å². The van der Waals surface area contributed by atoms with Gasteiger partial charge >= 0.3 is 0 Å². The fourth-order valence-corrected chi connectivity index (χ4v) is 2.55. The SMILES string of the molecule is COc1cc(/C=C/C(=O)NCC(C)(C)c2ccccc2)ccc1OCC#N. The van der Waals surface area contributed by atoms with Gasteiger partial charge in [-0.15, -0.1) is 0 Å². The number of hydrogen-bond acceptors (Lipinski definition) is 4. The van der Waals surface area contributed by atoms with Crippen LogP contribution in [0.2, 0.25) is 0 Å². The highest BCUT2D eigenvalue weighted by Crippen LogP contribution is 2.28. The number of methoxy groups -OCH3 is 1. The van der Waals surface area contributed by atoms with E-state index < -0.39 is 0 Å². The molecule has 0 aliphatic rings. The van der Waals surface area contributed by atoms with Crippen LogP contribution in [0.5, 0.6) is 11.5 Å². The fourth-order valence-electron chi connectivity index (χ4n) is 2.55. The summed E-state index contributed by atoms with van der Waals surface area (Å²) in [6.45, 7) is 4.67. The van der Waals surface area contributed by atoms with Crippen LogP contribution in [-0.4, -0.2) is 26.2 Å². The lowest BCUT2D eigenvalue weighted by Crippen LogP contribution is -2.35. The van der Waals surface area contributed by atoms with Gasteiger partial charge in [0.1, 0.15) is 6.07 Å². The second-order valence-electron chi connectivity index (χ2n) is 6.66. The molecule has 2 aromatic rings. The van der Waals surface area contributed by atoms with E-state index in [1.807, 2.05) is 24.3 Å². The van der Waals surface area contributed by atoms with E-state index in [0.29, 0.717) is 18.0 Å². The van der Waals surface area contributed by atoms with Crippen LogP contribution < -0.4 is 14.8 Å². The summed E-state index contributed by atoms with van der Waals surface area (Å²) in [6, 6.07) is 17.3. The van der Waals surface area contributed by atoms with Gasteiger partial charge in [0.2, 0.25) is 5.91 Å². The third-order valence-electron chi connectivity index (χ3n) is 4.17. The molecule has 0 bridgehead atoms. The second-order valence-corrected chi connectivity index (χ2v) is 6.66. The highest BCUT2D eigenvalue weighted by molar-refractivity contribution is 5.91. The molecule has 0 unspecified atom stereocenters. The van der Waals surface area contributed by atoms with E-state index in [2.05, 4.69) is 31.3 Å². The molecule has 5 heteroatoms. The average molecular weight is 364 g/mol. The molecule has 0 radical (unpaired) electrons. The van der Waals surface area contributed by atoms with E-state index in [0.717, 1.165) is 5.56 Å². The van der Waals surface area contributed by atoms with E-state index >= 15 is 0 Å². The fraction of sp³-hybridized carbons (Fsp3) is 0.273. The molecule has 0 spiro atoms. The smallest absolute Gasteiger partial charge is 0.244 e. The molecule has 2 rings (SSSR count). The molecular weight excluding hydrogens is 340 g/mol. The number of nitriles is 1. The quantitative estimate of drug-likeness (QED) is 0.725. The van der Waals surface area contributed by atoms with Crippen LogP contribution in [0, 0.1) is 11.3 Å². The maximum Gasteiger partial charge on any atom is 0.244 e. The zero-order valence-corrected chi connectivity index (χ0v) is 15.9. The largest absolute Gasteiger partial charge is 0.493 e. The number of benzene rings is 2. The molecule has 0 saturated carbocycles. The number of amides is 1. The standard InChI is InChI=1S/C22H24N2O3/c1-22(2,18-7-5-4-6-8-18)16-24-21(25)12-10-17-9-11-19(27-14-13-23)20(15-17)26-3/h4-12,15H,14,16H2,1-3H3,(H,24,25)/b12-10+. The molecule has 0 atom stereocenters. The zero-order chi connectivity index (χ0) is 19.7. The first-order valence-electron chi connectivity index (χ1n) is 8.65. The topological polar surface area (TPSA) is 71.3 Å². The Morgan fingerprint density at radius 1 is 1.19 bits per heavy atom. The minimum atomic E-state index is -0.164. The van der Waals surface area contributed by atoms with E-state index in [1.165, 1.54) is 18.7 Å².